The molecule has 0 atom stereocenters. The SMILES string of the molecule is Cc1cccc(-c2nc(CO)[nH]c2-c2ccc3c(c2)[nH]c(=O)n3C2CCCC2)c1. The molecule has 0 saturated heterocycles. The van der Waals surface area contributed by atoms with E-state index in [-0.39, 0.29) is 18.3 Å². The third-order valence-electron chi connectivity index (χ3n) is 5.89. The second-order valence-corrected chi connectivity index (χ2v) is 7.91. The number of aromatic amines is 2. The van der Waals surface area contributed by atoms with Gasteiger partial charge in [0.05, 0.1) is 22.4 Å². The lowest BCUT2D eigenvalue weighted by Gasteiger charge is -2.11. The number of benzene rings is 2. The Labute approximate surface area is 168 Å². The van der Waals surface area contributed by atoms with Gasteiger partial charge in [-0.15, -0.1) is 0 Å². The predicted octanol–water partition coefficient (Wildman–Crippen LogP) is 4.30. The van der Waals surface area contributed by atoms with E-state index >= 15 is 0 Å². The molecule has 1 aliphatic carbocycles. The van der Waals surface area contributed by atoms with Gasteiger partial charge in [0, 0.05) is 17.2 Å². The van der Waals surface area contributed by atoms with Gasteiger partial charge in [0.1, 0.15) is 12.4 Å². The van der Waals surface area contributed by atoms with E-state index in [4.69, 9.17) is 0 Å². The summed E-state index contributed by atoms with van der Waals surface area (Å²) in [6.45, 7) is 1.89. The van der Waals surface area contributed by atoms with Gasteiger partial charge in [-0.2, -0.15) is 0 Å². The molecule has 0 aliphatic heterocycles. The molecule has 0 bridgehead atoms. The number of nitrogens with one attached hydrogen (secondary N) is 2. The van der Waals surface area contributed by atoms with E-state index in [1.165, 1.54) is 12.8 Å². The van der Waals surface area contributed by atoms with Gasteiger partial charge in [0.25, 0.3) is 0 Å². The Kier molecular flexibility index (Phi) is 4.36. The molecule has 2 aromatic carbocycles. The highest BCUT2D eigenvalue weighted by molar-refractivity contribution is 5.86. The van der Waals surface area contributed by atoms with Gasteiger partial charge in [0.15, 0.2) is 0 Å². The molecule has 0 amide bonds. The number of aromatic nitrogens is 4. The van der Waals surface area contributed by atoms with Crippen molar-refractivity contribution in [3.05, 3.63) is 64.3 Å². The molecule has 6 nitrogen and oxygen atoms in total. The molecule has 6 heteroatoms. The van der Waals surface area contributed by atoms with Crippen molar-refractivity contribution in [1.29, 1.82) is 0 Å². The lowest BCUT2D eigenvalue weighted by atomic mass is 10.0. The van der Waals surface area contributed by atoms with E-state index in [9.17, 15) is 9.90 Å². The Morgan fingerprint density at radius 1 is 1.10 bits per heavy atom. The summed E-state index contributed by atoms with van der Waals surface area (Å²) < 4.78 is 1.92. The summed E-state index contributed by atoms with van der Waals surface area (Å²) in [6.07, 6.45) is 4.48. The monoisotopic (exact) mass is 388 g/mol. The van der Waals surface area contributed by atoms with Gasteiger partial charge in [0.2, 0.25) is 0 Å². The lowest BCUT2D eigenvalue weighted by Crippen LogP contribution is -2.20. The number of hydrogen-bond acceptors (Lipinski definition) is 3. The summed E-state index contributed by atoms with van der Waals surface area (Å²) >= 11 is 0. The molecule has 0 spiro atoms. The third-order valence-corrected chi connectivity index (χ3v) is 5.89. The number of aliphatic hydroxyl groups is 1. The maximum absolute atomic E-state index is 12.6. The first-order chi connectivity index (χ1) is 14.1. The number of fused-ring (bicyclic) bond motifs is 1. The third kappa shape index (κ3) is 3.09. The molecule has 4 aromatic rings. The zero-order valence-electron chi connectivity index (χ0n) is 16.4. The summed E-state index contributed by atoms with van der Waals surface area (Å²) in [5.41, 5.74) is 6.46. The molecule has 1 fully saturated rings. The molecule has 1 saturated carbocycles. The zero-order valence-corrected chi connectivity index (χ0v) is 16.4. The van der Waals surface area contributed by atoms with Crippen molar-refractivity contribution < 1.29 is 5.11 Å². The fourth-order valence-electron chi connectivity index (χ4n) is 4.52. The van der Waals surface area contributed by atoms with E-state index < -0.39 is 0 Å². The van der Waals surface area contributed by atoms with Crippen LogP contribution in [0.25, 0.3) is 33.5 Å². The second-order valence-electron chi connectivity index (χ2n) is 7.91. The molecule has 0 unspecified atom stereocenters. The normalized spacial score (nSPS) is 14.8. The number of aryl methyl sites for hydroxylation is 1. The highest BCUT2D eigenvalue weighted by Gasteiger charge is 2.22. The Morgan fingerprint density at radius 2 is 1.93 bits per heavy atom. The number of H-pyrrole nitrogens is 2. The van der Waals surface area contributed by atoms with Gasteiger partial charge in [-0.25, -0.2) is 9.78 Å². The number of imidazole rings is 2. The van der Waals surface area contributed by atoms with E-state index in [2.05, 4.69) is 21.0 Å². The Hall–Kier alpha value is -3.12. The van der Waals surface area contributed by atoms with Crippen LogP contribution in [0.3, 0.4) is 0 Å². The average molecular weight is 388 g/mol. The minimum atomic E-state index is -0.157. The van der Waals surface area contributed by atoms with Crippen molar-refractivity contribution >= 4 is 11.0 Å². The van der Waals surface area contributed by atoms with E-state index in [0.29, 0.717) is 5.82 Å². The Morgan fingerprint density at radius 3 is 2.69 bits per heavy atom. The predicted molar refractivity (Wildman–Crippen MR) is 114 cm³/mol. The van der Waals surface area contributed by atoms with E-state index in [0.717, 1.165) is 52.0 Å². The van der Waals surface area contributed by atoms with Gasteiger partial charge in [-0.05, 0) is 38.0 Å². The molecule has 5 rings (SSSR count). The minimum Gasteiger partial charge on any atom is -0.388 e. The molecule has 2 aromatic heterocycles. The average Bonchev–Trinajstić information content (AvgIpc) is 3.45. The van der Waals surface area contributed by atoms with Gasteiger partial charge < -0.3 is 15.1 Å². The van der Waals surface area contributed by atoms with Crippen molar-refractivity contribution in [3.63, 3.8) is 0 Å². The second kappa shape index (κ2) is 7.04. The van der Waals surface area contributed by atoms with Crippen LogP contribution in [0.1, 0.15) is 43.1 Å². The van der Waals surface area contributed by atoms with Crippen molar-refractivity contribution in [2.75, 3.05) is 0 Å². The van der Waals surface area contributed by atoms with Crippen molar-refractivity contribution in [2.45, 2.75) is 45.3 Å². The zero-order chi connectivity index (χ0) is 20.0. The van der Waals surface area contributed by atoms with Crippen LogP contribution in [0.5, 0.6) is 0 Å². The fourth-order valence-corrected chi connectivity index (χ4v) is 4.52. The van der Waals surface area contributed by atoms with Gasteiger partial charge in [-0.1, -0.05) is 42.7 Å². The molecule has 3 N–H and O–H groups in total. The standard InChI is InChI=1S/C23H24N4O2/c1-14-5-4-6-15(11-14)21-22(26-20(13-28)25-21)16-9-10-19-18(12-16)24-23(29)27(19)17-7-2-3-8-17/h4-6,9-12,17,28H,2-3,7-8,13H2,1H3,(H,24,29)(H,25,26). The molecule has 2 heterocycles. The van der Waals surface area contributed by atoms with Crippen LogP contribution in [0.15, 0.2) is 47.3 Å². The van der Waals surface area contributed by atoms with Gasteiger partial charge in [-0.3, -0.25) is 4.57 Å². The maximum Gasteiger partial charge on any atom is 0.326 e. The number of hydrogen-bond donors (Lipinski definition) is 3. The number of rotatable bonds is 4. The summed E-state index contributed by atoms with van der Waals surface area (Å²) in [5.74, 6) is 0.522. The van der Waals surface area contributed by atoms with Crippen LogP contribution >= 0.6 is 0 Å². The number of nitrogens with zero attached hydrogens (tertiary/aromatic N) is 2. The van der Waals surface area contributed by atoms with E-state index in [1.54, 1.807) is 0 Å². The summed E-state index contributed by atoms with van der Waals surface area (Å²) in [4.78, 5) is 23.5. The quantitative estimate of drug-likeness (QED) is 0.487. The molecule has 0 radical (unpaired) electrons. The van der Waals surface area contributed by atoms with Crippen molar-refractivity contribution in [2.24, 2.45) is 0 Å². The molecular formula is C23H24N4O2. The highest BCUT2D eigenvalue weighted by atomic mass is 16.3. The molecular weight excluding hydrogens is 364 g/mol. The van der Waals surface area contributed by atoms with Crippen LogP contribution < -0.4 is 5.69 Å². The maximum atomic E-state index is 12.6. The first kappa shape index (κ1) is 17.9. The fraction of sp³-hybridized carbons (Fsp3) is 0.304. The van der Waals surface area contributed by atoms with Crippen LogP contribution in [0, 0.1) is 6.92 Å². The Bertz CT molecular complexity index is 1240. The first-order valence-corrected chi connectivity index (χ1v) is 10.2. The van der Waals surface area contributed by atoms with Crippen LogP contribution in [-0.4, -0.2) is 24.6 Å². The van der Waals surface area contributed by atoms with Crippen molar-refractivity contribution in [1.82, 2.24) is 19.5 Å². The van der Waals surface area contributed by atoms with Crippen LogP contribution in [-0.2, 0) is 6.61 Å². The summed E-state index contributed by atoms with van der Waals surface area (Å²) in [5, 5.41) is 9.61. The topological polar surface area (TPSA) is 86.7 Å². The molecule has 148 valence electrons. The van der Waals surface area contributed by atoms with Crippen LogP contribution in [0.4, 0.5) is 0 Å². The summed E-state index contributed by atoms with van der Waals surface area (Å²) in [6, 6.07) is 14.5. The van der Waals surface area contributed by atoms with Gasteiger partial charge >= 0.3 is 5.69 Å². The Balaban J connectivity index is 1.64. The first-order valence-electron chi connectivity index (χ1n) is 10.2. The highest BCUT2D eigenvalue weighted by Crippen LogP contribution is 2.34. The summed E-state index contributed by atoms with van der Waals surface area (Å²) in [7, 11) is 0. The lowest BCUT2D eigenvalue weighted by molar-refractivity contribution is 0.272. The van der Waals surface area contributed by atoms with Crippen molar-refractivity contribution in [3.8, 4) is 22.5 Å². The largest absolute Gasteiger partial charge is 0.388 e. The minimum absolute atomic E-state index is 0.0383. The molecule has 1 aliphatic rings. The number of aliphatic hydroxyl groups excluding tert-OH is 1. The smallest absolute Gasteiger partial charge is 0.326 e. The van der Waals surface area contributed by atoms with E-state index in [1.807, 2.05) is 47.9 Å². The van der Waals surface area contributed by atoms with Crippen LogP contribution in [0.2, 0.25) is 0 Å². The molecule has 29 heavy (non-hydrogen) atoms.